The van der Waals surface area contributed by atoms with Gasteiger partial charge in [-0.05, 0) is 30.8 Å². The van der Waals surface area contributed by atoms with E-state index in [1.54, 1.807) is 6.20 Å². The second-order valence-corrected chi connectivity index (χ2v) is 5.96. The Morgan fingerprint density at radius 3 is 3.00 bits per heavy atom. The molecule has 3 heterocycles. The molecule has 1 unspecified atom stereocenters. The smallest absolute Gasteiger partial charge is 0.273 e. The number of fused-ring (bicyclic) bond motifs is 2. The van der Waals surface area contributed by atoms with Gasteiger partial charge in [-0.2, -0.15) is 0 Å². The predicted octanol–water partition coefficient (Wildman–Crippen LogP) is 2.16. The second-order valence-electron chi connectivity index (χ2n) is 5.96. The molecule has 1 aromatic carbocycles. The standard InChI is InChI=1S/C17H19N3O/c21-17(20-11-10-19-9-3-5-14(19)12-20)16-15-6-2-1-4-13(15)7-8-18-16/h1-2,4,6-8,14H,3,5,9-12H2. The number of carbonyl (C=O) groups is 1. The largest absolute Gasteiger partial charge is 0.334 e. The van der Waals surface area contributed by atoms with Gasteiger partial charge < -0.3 is 4.90 Å². The van der Waals surface area contributed by atoms with E-state index in [2.05, 4.69) is 9.88 Å². The maximum absolute atomic E-state index is 12.8. The van der Waals surface area contributed by atoms with Crippen molar-refractivity contribution in [3.05, 3.63) is 42.2 Å². The van der Waals surface area contributed by atoms with Crippen molar-refractivity contribution in [2.75, 3.05) is 26.2 Å². The van der Waals surface area contributed by atoms with Gasteiger partial charge >= 0.3 is 0 Å². The van der Waals surface area contributed by atoms with Gasteiger partial charge in [0.25, 0.3) is 5.91 Å². The molecule has 0 bridgehead atoms. The van der Waals surface area contributed by atoms with E-state index in [0.717, 1.165) is 30.4 Å². The van der Waals surface area contributed by atoms with Crippen molar-refractivity contribution in [2.24, 2.45) is 0 Å². The molecule has 0 aliphatic carbocycles. The molecule has 4 rings (SSSR count). The fourth-order valence-electron chi connectivity index (χ4n) is 3.62. The first kappa shape index (κ1) is 12.8. The van der Waals surface area contributed by atoms with E-state index in [0.29, 0.717) is 11.7 Å². The number of hydrogen-bond donors (Lipinski definition) is 0. The Bertz CT molecular complexity index is 679. The lowest BCUT2D eigenvalue weighted by Crippen LogP contribution is -2.52. The van der Waals surface area contributed by atoms with Crippen molar-refractivity contribution in [3.8, 4) is 0 Å². The summed E-state index contributed by atoms with van der Waals surface area (Å²) in [5.41, 5.74) is 0.597. The van der Waals surface area contributed by atoms with Crippen LogP contribution in [0.5, 0.6) is 0 Å². The van der Waals surface area contributed by atoms with Crippen molar-refractivity contribution in [1.82, 2.24) is 14.8 Å². The van der Waals surface area contributed by atoms with Crippen LogP contribution >= 0.6 is 0 Å². The Kier molecular flexibility index (Phi) is 3.11. The molecule has 2 fully saturated rings. The molecule has 2 saturated heterocycles. The van der Waals surface area contributed by atoms with E-state index in [1.165, 1.54) is 19.4 Å². The van der Waals surface area contributed by atoms with Crippen LogP contribution in [0.25, 0.3) is 10.8 Å². The first-order valence-corrected chi connectivity index (χ1v) is 7.70. The van der Waals surface area contributed by atoms with Gasteiger partial charge in [0.05, 0.1) is 0 Å². The highest BCUT2D eigenvalue weighted by molar-refractivity contribution is 6.05. The molecule has 0 spiro atoms. The minimum absolute atomic E-state index is 0.0818. The molecule has 21 heavy (non-hydrogen) atoms. The number of aromatic nitrogens is 1. The second kappa shape index (κ2) is 5.11. The van der Waals surface area contributed by atoms with Gasteiger partial charge in [0.2, 0.25) is 0 Å². The van der Waals surface area contributed by atoms with Gasteiger partial charge in [-0.25, -0.2) is 0 Å². The SMILES string of the molecule is O=C(c1nccc2ccccc12)N1CCN2CCCC2C1. The molecule has 108 valence electrons. The Labute approximate surface area is 124 Å². The van der Waals surface area contributed by atoms with Gasteiger partial charge in [0.1, 0.15) is 5.69 Å². The summed E-state index contributed by atoms with van der Waals surface area (Å²) in [5.74, 6) is 0.0818. The Morgan fingerprint density at radius 1 is 1.14 bits per heavy atom. The van der Waals surface area contributed by atoms with E-state index in [4.69, 9.17) is 0 Å². The number of rotatable bonds is 1. The van der Waals surface area contributed by atoms with Gasteiger partial charge in [-0.15, -0.1) is 0 Å². The highest BCUT2D eigenvalue weighted by atomic mass is 16.2. The third-order valence-electron chi connectivity index (χ3n) is 4.75. The summed E-state index contributed by atoms with van der Waals surface area (Å²) in [6, 6.07) is 10.5. The summed E-state index contributed by atoms with van der Waals surface area (Å²) < 4.78 is 0. The summed E-state index contributed by atoms with van der Waals surface area (Å²) >= 11 is 0. The lowest BCUT2D eigenvalue weighted by molar-refractivity contribution is 0.0568. The Hall–Kier alpha value is -1.94. The van der Waals surface area contributed by atoms with Crippen molar-refractivity contribution in [1.29, 1.82) is 0 Å². The lowest BCUT2D eigenvalue weighted by Gasteiger charge is -2.37. The average Bonchev–Trinajstić information content (AvgIpc) is 3.01. The third kappa shape index (κ3) is 2.20. The molecular weight excluding hydrogens is 262 g/mol. The summed E-state index contributed by atoms with van der Waals surface area (Å²) in [6.07, 6.45) is 4.22. The van der Waals surface area contributed by atoms with Crippen molar-refractivity contribution >= 4 is 16.7 Å². The zero-order chi connectivity index (χ0) is 14.2. The van der Waals surface area contributed by atoms with E-state index in [1.807, 2.05) is 35.2 Å². The molecule has 1 atom stereocenters. The van der Waals surface area contributed by atoms with Crippen LogP contribution in [0.1, 0.15) is 23.3 Å². The van der Waals surface area contributed by atoms with Crippen LogP contribution < -0.4 is 0 Å². The molecule has 4 heteroatoms. The molecular formula is C17H19N3O. The zero-order valence-electron chi connectivity index (χ0n) is 12.0. The lowest BCUT2D eigenvalue weighted by atomic mass is 10.1. The predicted molar refractivity (Wildman–Crippen MR) is 82.2 cm³/mol. The molecule has 0 radical (unpaired) electrons. The maximum atomic E-state index is 12.8. The molecule has 2 aliphatic rings. The Balaban J connectivity index is 1.64. The normalized spacial score (nSPS) is 22.5. The fourth-order valence-corrected chi connectivity index (χ4v) is 3.62. The number of pyridine rings is 1. The van der Waals surface area contributed by atoms with Crippen LogP contribution in [0, 0.1) is 0 Å². The minimum Gasteiger partial charge on any atom is -0.334 e. The monoisotopic (exact) mass is 281 g/mol. The molecule has 4 nitrogen and oxygen atoms in total. The van der Waals surface area contributed by atoms with Gasteiger partial charge in [0, 0.05) is 37.3 Å². The maximum Gasteiger partial charge on any atom is 0.273 e. The number of nitrogens with zero attached hydrogens (tertiary/aromatic N) is 3. The zero-order valence-corrected chi connectivity index (χ0v) is 12.0. The van der Waals surface area contributed by atoms with E-state index in [-0.39, 0.29) is 5.91 Å². The van der Waals surface area contributed by atoms with Gasteiger partial charge in [0.15, 0.2) is 0 Å². The quantitative estimate of drug-likeness (QED) is 0.803. The van der Waals surface area contributed by atoms with Crippen molar-refractivity contribution in [2.45, 2.75) is 18.9 Å². The number of hydrogen-bond acceptors (Lipinski definition) is 3. The van der Waals surface area contributed by atoms with Crippen LogP contribution in [0.4, 0.5) is 0 Å². The summed E-state index contributed by atoms with van der Waals surface area (Å²) in [7, 11) is 0. The van der Waals surface area contributed by atoms with Crippen LogP contribution in [-0.2, 0) is 0 Å². The number of piperazine rings is 1. The first-order chi connectivity index (χ1) is 10.3. The van der Waals surface area contributed by atoms with Crippen molar-refractivity contribution in [3.63, 3.8) is 0 Å². The summed E-state index contributed by atoms with van der Waals surface area (Å²) in [6.45, 7) is 3.87. The van der Waals surface area contributed by atoms with Crippen LogP contribution in [0.3, 0.4) is 0 Å². The van der Waals surface area contributed by atoms with Crippen LogP contribution in [-0.4, -0.2) is 52.9 Å². The highest BCUT2D eigenvalue weighted by Crippen LogP contribution is 2.24. The van der Waals surface area contributed by atoms with Gasteiger partial charge in [-0.3, -0.25) is 14.7 Å². The van der Waals surface area contributed by atoms with Gasteiger partial charge in [-0.1, -0.05) is 24.3 Å². The third-order valence-corrected chi connectivity index (χ3v) is 4.75. The van der Waals surface area contributed by atoms with E-state index < -0.39 is 0 Å². The average molecular weight is 281 g/mol. The highest BCUT2D eigenvalue weighted by Gasteiger charge is 2.33. The molecule has 1 amide bonds. The Morgan fingerprint density at radius 2 is 2.05 bits per heavy atom. The topological polar surface area (TPSA) is 36.4 Å². The van der Waals surface area contributed by atoms with E-state index >= 15 is 0 Å². The number of benzene rings is 1. The van der Waals surface area contributed by atoms with Crippen LogP contribution in [0.2, 0.25) is 0 Å². The molecule has 0 saturated carbocycles. The summed E-state index contributed by atoms with van der Waals surface area (Å²) in [4.78, 5) is 21.7. The number of carbonyl (C=O) groups excluding carboxylic acids is 1. The molecule has 0 N–H and O–H groups in total. The molecule has 2 aliphatic heterocycles. The molecule has 2 aromatic rings. The fraction of sp³-hybridized carbons (Fsp3) is 0.412. The van der Waals surface area contributed by atoms with Crippen molar-refractivity contribution < 1.29 is 4.79 Å². The molecule has 1 aromatic heterocycles. The number of amides is 1. The minimum atomic E-state index is 0.0818. The van der Waals surface area contributed by atoms with E-state index in [9.17, 15) is 4.79 Å². The first-order valence-electron chi connectivity index (χ1n) is 7.70. The van der Waals surface area contributed by atoms with Crippen LogP contribution in [0.15, 0.2) is 36.5 Å². The summed E-state index contributed by atoms with van der Waals surface area (Å²) in [5, 5.41) is 2.04.